The van der Waals surface area contributed by atoms with Crippen LogP contribution in [0.25, 0.3) is 0 Å². The Hall–Kier alpha value is -0.880. The number of benzene rings is 1. The molecule has 1 aromatic rings. The number of halogens is 2. The maximum Gasteiger partial charge on any atom is 0.309 e. The molecule has 0 aliphatic carbocycles. The first kappa shape index (κ1) is 16.2. The molecule has 4 nitrogen and oxygen atoms in total. The standard InChI is InChI=1S/C13H15Br2NO3/c1-13(2,12(18)19)5-6-16-11(17)9-4-3-8(14)7-10(9)15/h3-4,7H,5-6H2,1-2H3,(H,16,17)(H,18,19). The van der Waals surface area contributed by atoms with E-state index < -0.39 is 11.4 Å². The molecular formula is C13H15Br2NO3. The summed E-state index contributed by atoms with van der Waals surface area (Å²) in [7, 11) is 0. The molecule has 1 aromatic carbocycles. The molecule has 0 saturated heterocycles. The quantitative estimate of drug-likeness (QED) is 0.806. The largest absolute Gasteiger partial charge is 0.481 e. The highest BCUT2D eigenvalue weighted by Gasteiger charge is 2.26. The van der Waals surface area contributed by atoms with Crippen LogP contribution in [0.2, 0.25) is 0 Å². The van der Waals surface area contributed by atoms with Crippen LogP contribution in [0.4, 0.5) is 0 Å². The summed E-state index contributed by atoms with van der Waals surface area (Å²) < 4.78 is 1.57. The van der Waals surface area contributed by atoms with Crippen molar-refractivity contribution in [2.45, 2.75) is 20.3 Å². The van der Waals surface area contributed by atoms with E-state index in [1.54, 1.807) is 32.0 Å². The Bertz CT molecular complexity index is 501. The minimum Gasteiger partial charge on any atom is -0.481 e. The zero-order valence-electron chi connectivity index (χ0n) is 10.7. The third-order valence-corrected chi connectivity index (χ3v) is 3.94. The van der Waals surface area contributed by atoms with Gasteiger partial charge >= 0.3 is 5.97 Å². The number of amides is 1. The number of hydrogen-bond donors (Lipinski definition) is 2. The van der Waals surface area contributed by atoms with Gasteiger partial charge in [0.15, 0.2) is 0 Å². The number of hydrogen-bond acceptors (Lipinski definition) is 2. The van der Waals surface area contributed by atoms with Crippen molar-refractivity contribution in [2.24, 2.45) is 5.41 Å². The smallest absolute Gasteiger partial charge is 0.309 e. The summed E-state index contributed by atoms with van der Waals surface area (Å²) in [4.78, 5) is 22.9. The van der Waals surface area contributed by atoms with Gasteiger partial charge in [-0.15, -0.1) is 0 Å². The van der Waals surface area contributed by atoms with Gasteiger partial charge in [-0.05, 0) is 54.4 Å². The molecule has 0 aromatic heterocycles. The summed E-state index contributed by atoms with van der Waals surface area (Å²) in [5, 5.41) is 11.7. The Morgan fingerprint density at radius 2 is 1.95 bits per heavy atom. The Labute approximate surface area is 128 Å². The van der Waals surface area contributed by atoms with Gasteiger partial charge in [0.1, 0.15) is 0 Å². The molecule has 0 atom stereocenters. The van der Waals surface area contributed by atoms with Crippen LogP contribution in [0.1, 0.15) is 30.6 Å². The van der Waals surface area contributed by atoms with Crippen LogP contribution >= 0.6 is 31.9 Å². The van der Waals surface area contributed by atoms with Crippen molar-refractivity contribution < 1.29 is 14.7 Å². The number of nitrogens with one attached hydrogen (secondary N) is 1. The van der Waals surface area contributed by atoms with E-state index in [1.165, 1.54) is 0 Å². The first-order valence-electron chi connectivity index (χ1n) is 5.70. The van der Waals surface area contributed by atoms with Crippen molar-refractivity contribution in [1.82, 2.24) is 5.32 Å². The highest BCUT2D eigenvalue weighted by molar-refractivity contribution is 9.11. The molecule has 0 aliphatic rings. The molecule has 1 amide bonds. The van der Waals surface area contributed by atoms with Crippen LogP contribution < -0.4 is 5.32 Å². The summed E-state index contributed by atoms with van der Waals surface area (Å²) in [5.41, 5.74) is -0.319. The molecule has 6 heteroatoms. The lowest BCUT2D eigenvalue weighted by Gasteiger charge is -2.19. The minimum absolute atomic E-state index is 0.222. The second kappa shape index (κ2) is 6.52. The van der Waals surface area contributed by atoms with E-state index in [2.05, 4.69) is 37.2 Å². The number of carbonyl (C=O) groups excluding carboxylic acids is 1. The van der Waals surface area contributed by atoms with Crippen molar-refractivity contribution in [1.29, 1.82) is 0 Å². The lowest BCUT2D eigenvalue weighted by Crippen LogP contribution is -2.32. The van der Waals surface area contributed by atoms with Gasteiger partial charge in [0.25, 0.3) is 5.91 Å². The van der Waals surface area contributed by atoms with Crippen LogP contribution in [0, 0.1) is 5.41 Å². The molecule has 0 fully saturated rings. The Kier molecular flexibility index (Phi) is 5.55. The Balaban J connectivity index is 2.59. The van der Waals surface area contributed by atoms with Crippen molar-refractivity contribution >= 4 is 43.7 Å². The first-order chi connectivity index (χ1) is 8.74. The molecule has 0 unspecified atom stereocenters. The van der Waals surface area contributed by atoms with Crippen LogP contribution in [0.5, 0.6) is 0 Å². The number of carbonyl (C=O) groups is 2. The fraction of sp³-hybridized carbons (Fsp3) is 0.385. The topological polar surface area (TPSA) is 66.4 Å². The van der Waals surface area contributed by atoms with Gasteiger partial charge < -0.3 is 10.4 Å². The summed E-state index contributed by atoms with van der Waals surface area (Å²) in [5.74, 6) is -1.09. The molecule has 0 aliphatic heterocycles. The monoisotopic (exact) mass is 391 g/mol. The number of aliphatic carboxylic acids is 1. The molecular weight excluding hydrogens is 378 g/mol. The van der Waals surface area contributed by atoms with E-state index in [0.717, 1.165) is 4.47 Å². The zero-order chi connectivity index (χ0) is 14.6. The van der Waals surface area contributed by atoms with E-state index in [9.17, 15) is 9.59 Å². The van der Waals surface area contributed by atoms with Gasteiger partial charge in [-0.3, -0.25) is 9.59 Å². The van der Waals surface area contributed by atoms with Crippen LogP contribution in [-0.4, -0.2) is 23.5 Å². The molecule has 0 bridgehead atoms. The fourth-order valence-electron chi connectivity index (χ4n) is 1.36. The molecule has 0 spiro atoms. The molecule has 0 radical (unpaired) electrons. The second-order valence-electron chi connectivity index (χ2n) is 4.82. The third-order valence-electron chi connectivity index (χ3n) is 2.79. The summed E-state index contributed by atoms with van der Waals surface area (Å²) in [6.45, 7) is 3.59. The predicted molar refractivity (Wildman–Crippen MR) is 80.2 cm³/mol. The van der Waals surface area contributed by atoms with Crippen molar-refractivity contribution in [2.75, 3.05) is 6.54 Å². The van der Waals surface area contributed by atoms with Crippen molar-refractivity contribution in [3.8, 4) is 0 Å². The maximum absolute atomic E-state index is 11.9. The van der Waals surface area contributed by atoms with Crippen LogP contribution in [-0.2, 0) is 4.79 Å². The number of carboxylic acid groups (broad SMARTS) is 1. The Morgan fingerprint density at radius 3 is 2.47 bits per heavy atom. The average Bonchev–Trinajstić information content (AvgIpc) is 2.28. The number of rotatable bonds is 5. The maximum atomic E-state index is 11.9. The van der Waals surface area contributed by atoms with E-state index in [-0.39, 0.29) is 5.91 Å². The highest BCUT2D eigenvalue weighted by atomic mass is 79.9. The van der Waals surface area contributed by atoms with Gasteiger partial charge in [-0.2, -0.15) is 0 Å². The van der Waals surface area contributed by atoms with Gasteiger partial charge in [-0.1, -0.05) is 15.9 Å². The second-order valence-corrected chi connectivity index (χ2v) is 6.59. The molecule has 19 heavy (non-hydrogen) atoms. The minimum atomic E-state index is -0.869. The van der Waals surface area contributed by atoms with E-state index in [1.807, 2.05) is 0 Å². The van der Waals surface area contributed by atoms with E-state index in [0.29, 0.717) is 23.0 Å². The van der Waals surface area contributed by atoms with Crippen LogP contribution in [0.3, 0.4) is 0 Å². The average molecular weight is 393 g/mol. The molecule has 0 saturated carbocycles. The fourth-order valence-corrected chi connectivity index (χ4v) is 2.59. The lowest BCUT2D eigenvalue weighted by atomic mass is 9.90. The van der Waals surface area contributed by atoms with Gasteiger partial charge in [0.05, 0.1) is 11.0 Å². The normalized spacial score (nSPS) is 11.2. The summed E-state index contributed by atoms with van der Waals surface area (Å²) >= 11 is 6.63. The molecule has 0 heterocycles. The molecule has 1 rings (SSSR count). The van der Waals surface area contributed by atoms with E-state index >= 15 is 0 Å². The summed E-state index contributed by atoms with van der Waals surface area (Å²) in [6.07, 6.45) is 0.377. The van der Waals surface area contributed by atoms with Crippen molar-refractivity contribution in [3.63, 3.8) is 0 Å². The Morgan fingerprint density at radius 1 is 1.32 bits per heavy atom. The lowest BCUT2D eigenvalue weighted by molar-refractivity contribution is -0.147. The predicted octanol–water partition coefficient (Wildman–Crippen LogP) is 3.44. The highest BCUT2D eigenvalue weighted by Crippen LogP contribution is 2.22. The number of carboxylic acids is 1. The van der Waals surface area contributed by atoms with Crippen LogP contribution in [0.15, 0.2) is 27.1 Å². The zero-order valence-corrected chi connectivity index (χ0v) is 13.8. The van der Waals surface area contributed by atoms with Crippen molar-refractivity contribution in [3.05, 3.63) is 32.7 Å². The first-order valence-corrected chi connectivity index (χ1v) is 7.29. The van der Waals surface area contributed by atoms with E-state index in [4.69, 9.17) is 5.11 Å². The molecule has 2 N–H and O–H groups in total. The third kappa shape index (κ3) is 4.62. The molecule has 104 valence electrons. The summed E-state index contributed by atoms with van der Waals surface area (Å²) in [6, 6.07) is 5.27. The van der Waals surface area contributed by atoms with Gasteiger partial charge in [0, 0.05) is 15.5 Å². The van der Waals surface area contributed by atoms with Gasteiger partial charge in [0.2, 0.25) is 0 Å². The SMILES string of the molecule is CC(C)(CCNC(=O)c1ccc(Br)cc1Br)C(=O)O. The van der Waals surface area contributed by atoms with Gasteiger partial charge in [-0.25, -0.2) is 0 Å².